The first-order chi connectivity index (χ1) is 12.7. The molecule has 2 aromatic carbocycles. The van der Waals surface area contributed by atoms with E-state index in [1.54, 1.807) is 4.52 Å². The summed E-state index contributed by atoms with van der Waals surface area (Å²) in [6, 6.07) is 21.1. The van der Waals surface area contributed by atoms with E-state index >= 15 is 0 Å². The van der Waals surface area contributed by atoms with Crippen LogP contribution >= 0.6 is 0 Å². The van der Waals surface area contributed by atoms with Crippen LogP contribution in [0, 0.1) is 0 Å². The summed E-state index contributed by atoms with van der Waals surface area (Å²) >= 11 is 0. The average molecular weight is 343 g/mol. The lowest BCUT2D eigenvalue weighted by atomic mass is 10.1. The number of aromatic nitrogens is 3. The molecule has 6 nitrogen and oxygen atoms in total. The van der Waals surface area contributed by atoms with Gasteiger partial charge in [-0.2, -0.15) is 4.98 Å². The number of nitrogen functional groups attached to an aromatic ring is 1. The summed E-state index contributed by atoms with van der Waals surface area (Å²) in [6.45, 7) is 0.506. The van der Waals surface area contributed by atoms with Crippen molar-refractivity contribution in [3.63, 3.8) is 0 Å². The normalized spacial score (nSPS) is 10.8. The maximum Gasteiger partial charge on any atom is 0.251 e. The van der Waals surface area contributed by atoms with Gasteiger partial charge in [0, 0.05) is 23.9 Å². The molecule has 2 aromatic heterocycles. The van der Waals surface area contributed by atoms with Gasteiger partial charge in [-0.25, -0.2) is 4.52 Å². The number of carbonyl (C=O) groups excluding carboxylic acids is 1. The Bertz CT molecular complexity index is 1050. The number of nitrogens with zero attached hydrogens (tertiary/aromatic N) is 3. The molecule has 0 saturated carbocycles. The zero-order valence-corrected chi connectivity index (χ0v) is 14.0. The first kappa shape index (κ1) is 15.8. The maximum absolute atomic E-state index is 12.3. The highest BCUT2D eigenvalue weighted by Crippen LogP contribution is 2.20. The molecule has 0 saturated heterocycles. The van der Waals surface area contributed by atoms with Gasteiger partial charge in [-0.1, -0.05) is 42.5 Å². The van der Waals surface area contributed by atoms with Gasteiger partial charge in [0.05, 0.1) is 0 Å². The third-order valence-corrected chi connectivity index (χ3v) is 4.12. The van der Waals surface area contributed by atoms with Gasteiger partial charge in [-0.15, -0.1) is 5.10 Å². The lowest BCUT2D eigenvalue weighted by molar-refractivity contribution is 0.0951. The van der Waals surface area contributed by atoms with Gasteiger partial charge < -0.3 is 11.1 Å². The van der Waals surface area contributed by atoms with Crippen molar-refractivity contribution in [3.8, 4) is 11.1 Å². The Balaban J connectivity index is 1.49. The number of rotatable bonds is 4. The van der Waals surface area contributed by atoms with Crippen molar-refractivity contribution < 1.29 is 4.79 Å². The van der Waals surface area contributed by atoms with Crippen LogP contribution in [0.4, 0.5) is 5.95 Å². The molecule has 0 atom stereocenters. The zero-order valence-electron chi connectivity index (χ0n) is 14.0. The first-order valence-electron chi connectivity index (χ1n) is 8.23. The highest BCUT2D eigenvalue weighted by Gasteiger charge is 2.07. The molecule has 2 heterocycles. The Morgan fingerprint density at radius 1 is 0.962 bits per heavy atom. The van der Waals surface area contributed by atoms with Crippen LogP contribution in [0.5, 0.6) is 0 Å². The van der Waals surface area contributed by atoms with Crippen molar-refractivity contribution in [1.82, 2.24) is 19.9 Å². The van der Waals surface area contributed by atoms with E-state index in [0.717, 1.165) is 16.7 Å². The predicted octanol–water partition coefficient (Wildman–Crippen LogP) is 2.91. The van der Waals surface area contributed by atoms with Crippen molar-refractivity contribution >= 4 is 17.5 Å². The zero-order chi connectivity index (χ0) is 17.9. The first-order valence-corrected chi connectivity index (χ1v) is 8.23. The number of hydrogen-bond acceptors (Lipinski definition) is 4. The Labute approximate surface area is 150 Å². The lowest BCUT2D eigenvalue weighted by Gasteiger charge is -2.07. The van der Waals surface area contributed by atoms with E-state index in [2.05, 4.69) is 15.4 Å². The summed E-state index contributed by atoms with van der Waals surface area (Å²) in [5.41, 5.74) is 9.96. The van der Waals surface area contributed by atoms with E-state index in [4.69, 9.17) is 5.73 Å². The molecule has 0 aliphatic heterocycles. The second kappa shape index (κ2) is 6.68. The lowest BCUT2D eigenvalue weighted by Crippen LogP contribution is -2.22. The fourth-order valence-electron chi connectivity index (χ4n) is 2.77. The Hall–Kier alpha value is -3.67. The summed E-state index contributed by atoms with van der Waals surface area (Å²) in [5.74, 6) is 0.146. The Morgan fingerprint density at radius 3 is 2.46 bits per heavy atom. The third-order valence-electron chi connectivity index (χ3n) is 4.12. The van der Waals surface area contributed by atoms with E-state index in [1.165, 1.54) is 0 Å². The second-order valence-corrected chi connectivity index (χ2v) is 5.94. The van der Waals surface area contributed by atoms with E-state index in [0.29, 0.717) is 17.8 Å². The number of nitrogens with two attached hydrogens (primary N) is 1. The smallest absolute Gasteiger partial charge is 0.251 e. The van der Waals surface area contributed by atoms with Gasteiger partial charge in [-0.3, -0.25) is 4.79 Å². The van der Waals surface area contributed by atoms with E-state index in [1.807, 2.05) is 72.9 Å². The van der Waals surface area contributed by atoms with Crippen LogP contribution in [-0.2, 0) is 6.54 Å². The van der Waals surface area contributed by atoms with Crippen LogP contribution in [-0.4, -0.2) is 20.5 Å². The maximum atomic E-state index is 12.3. The largest absolute Gasteiger partial charge is 0.366 e. The molecule has 128 valence electrons. The molecule has 1 amide bonds. The molecule has 0 spiro atoms. The number of fused-ring (bicyclic) bond motifs is 1. The Morgan fingerprint density at radius 2 is 1.69 bits per heavy atom. The molecule has 0 aliphatic carbocycles. The quantitative estimate of drug-likeness (QED) is 0.597. The van der Waals surface area contributed by atoms with Crippen LogP contribution in [0.25, 0.3) is 16.8 Å². The van der Waals surface area contributed by atoms with Crippen LogP contribution in [0.1, 0.15) is 15.9 Å². The molecule has 26 heavy (non-hydrogen) atoms. The van der Waals surface area contributed by atoms with Crippen molar-refractivity contribution in [1.29, 1.82) is 0 Å². The van der Waals surface area contributed by atoms with Crippen molar-refractivity contribution in [3.05, 3.63) is 84.1 Å². The van der Waals surface area contributed by atoms with E-state index < -0.39 is 0 Å². The minimum Gasteiger partial charge on any atom is -0.366 e. The molecule has 0 radical (unpaired) electrons. The second-order valence-electron chi connectivity index (χ2n) is 5.94. The minimum atomic E-state index is -0.0973. The number of carbonyl (C=O) groups is 1. The van der Waals surface area contributed by atoms with Gasteiger partial charge in [-0.05, 0) is 35.4 Å². The SMILES string of the molecule is Nc1nc2ccc(-c3ccc(C(=O)NCc4ccccc4)cc3)cn2n1. The summed E-state index contributed by atoms with van der Waals surface area (Å²) in [6.07, 6.45) is 1.86. The highest BCUT2D eigenvalue weighted by atomic mass is 16.1. The van der Waals surface area contributed by atoms with Crippen LogP contribution < -0.4 is 11.1 Å². The number of pyridine rings is 1. The topological polar surface area (TPSA) is 85.3 Å². The molecule has 6 heteroatoms. The number of nitrogens with one attached hydrogen (secondary N) is 1. The highest BCUT2D eigenvalue weighted by molar-refractivity contribution is 5.94. The molecule has 0 aliphatic rings. The average Bonchev–Trinajstić information content (AvgIpc) is 3.06. The molecule has 0 bridgehead atoms. The molecular weight excluding hydrogens is 326 g/mol. The van der Waals surface area contributed by atoms with Crippen LogP contribution in [0.3, 0.4) is 0 Å². The van der Waals surface area contributed by atoms with Crippen molar-refractivity contribution in [2.24, 2.45) is 0 Å². The standard InChI is InChI=1S/C20H17N5O/c21-20-23-18-11-10-17(13-25(18)24-20)15-6-8-16(9-7-15)19(26)22-12-14-4-2-1-3-5-14/h1-11,13H,12H2,(H2,21,24)(H,22,26). The number of benzene rings is 2. The minimum absolute atomic E-state index is 0.0973. The molecule has 4 aromatic rings. The fraction of sp³-hybridized carbons (Fsp3) is 0.0500. The van der Waals surface area contributed by atoms with Gasteiger partial charge in [0.15, 0.2) is 5.65 Å². The van der Waals surface area contributed by atoms with Crippen LogP contribution in [0.2, 0.25) is 0 Å². The van der Waals surface area contributed by atoms with Crippen molar-refractivity contribution in [2.75, 3.05) is 5.73 Å². The molecule has 3 N–H and O–H groups in total. The third kappa shape index (κ3) is 3.25. The fourth-order valence-corrected chi connectivity index (χ4v) is 2.77. The van der Waals surface area contributed by atoms with Crippen molar-refractivity contribution in [2.45, 2.75) is 6.54 Å². The number of hydrogen-bond donors (Lipinski definition) is 2. The molecule has 0 fully saturated rings. The van der Waals surface area contributed by atoms with E-state index in [-0.39, 0.29) is 11.9 Å². The Kier molecular flexibility index (Phi) is 4.07. The van der Waals surface area contributed by atoms with Crippen LogP contribution in [0.15, 0.2) is 72.9 Å². The monoisotopic (exact) mass is 343 g/mol. The van der Waals surface area contributed by atoms with Gasteiger partial charge in [0.2, 0.25) is 5.95 Å². The summed E-state index contributed by atoms with van der Waals surface area (Å²) < 4.78 is 1.64. The predicted molar refractivity (Wildman–Crippen MR) is 100 cm³/mol. The van der Waals surface area contributed by atoms with Gasteiger partial charge >= 0.3 is 0 Å². The number of amides is 1. The van der Waals surface area contributed by atoms with E-state index in [9.17, 15) is 4.79 Å². The molecule has 4 rings (SSSR count). The summed E-state index contributed by atoms with van der Waals surface area (Å²) in [7, 11) is 0. The summed E-state index contributed by atoms with van der Waals surface area (Å²) in [5, 5.41) is 7.04. The molecular formula is C20H17N5O. The number of anilines is 1. The summed E-state index contributed by atoms with van der Waals surface area (Å²) in [4.78, 5) is 16.4. The molecule has 0 unspecified atom stereocenters. The van der Waals surface area contributed by atoms with Gasteiger partial charge in [0.1, 0.15) is 0 Å². The van der Waals surface area contributed by atoms with Gasteiger partial charge in [0.25, 0.3) is 5.91 Å².